The van der Waals surface area contributed by atoms with E-state index in [4.69, 9.17) is 5.26 Å². The van der Waals surface area contributed by atoms with Gasteiger partial charge in [-0.15, -0.1) is 0 Å². The van der Waals surface area contributed by atoms with Gasteiger partial charge in [0.15, 0.2) is 5.82 Å². The molecular weight excluding hydrogens is 390 g/mol. The Morgan fingerprint density at radius 1 is 1.33 bits per heavy atom. The number of hydrogen-bond acceptors (Lipinski definition) is 5. The highest BCUT2D eigenvalue weighted by atomic mass is 19.3. The zero-order valence-corrected chi connectivity index (χ0v) is 16.8. The number of rotatable bonds is 4. The average Bonchev–Trinajstić information content (AvgIpc) is 2.98. The zero-order valence-electron chi connectivity index (χ0n) is 16.8. The quantitative estimate of drug-likeness (QED) is 0.690. The van der Waals surface area contributed by atoms with Crippen LogP contribution in [0.3, 0.4) is 0 Å². The Hall–Kier alpha value is -3.41. The third-order valence-corrected chi connectivity index (χ3v) is 5.24. The maximum absolute atomic E-state index is 13.9. The molecule has 0 saturated heterocycles. The van der Waals surface area contributed by atoms with E-state index in [1.807, 2.05) is 10.8 Å². The number of carbonyl (C=O) groups is 1. The molecule has 0 unspecified atom stereocenters. The lowest BCUT2D eigenvalue weighted by Gasteiger charge is -2.32. The molecule has 3 aromatic rings. The largest absolute Gasteiger partial charge is 0.342 e. The smallest absolute Gasteiger partial charge is 0.303 e. The zero-order chi connectivity index (χ0) is 21.6. The van der Waals surface area contributed by atoms with Crippen LogP contribution in [0.15, 0.2) is 24.5 Å². The monoisotopic (exact) mass is 410 g/mol. The van der Waals surface area contributed by atoms with Crippen LogP contribution in [-0.4, -0.2) is 25.4 Å². The maximum atomic E-state index is 13.9. The number of aryl methyl sites for hydroxylation is 1. The summed E-state index contributed by atoms with van der Waals surface area (Å²) in [6.07, 6.45) is 4.94. The lowest BCUT2D eigenvalue weighted by Crippen LogP contribution is -2.25. The third kappa shape index (κ3) is 3.61. The van der Waals surface area contributed by atoms with Crippen LogP contribution in [0.25, 0.3) is 22.2 Å². The first-order valence-electron chi connectivity index (χ1n) is 9.58. The Labute approximate surface area is 171 Å². The molecule has 1 saturated carbocycles. The first kappa shape index (κ1) is 19.9. The van der Waals surface area contributed by atoms with Crippen LogP contribution in [0.2, 0.25) is 0 Å². The summed E-state index contributed by atoms with van der Waals surface area (Å²) < 4.78 is 29.8. The molecule has 3 aromatic heterocycles. The Morgan fingerprint density at radius 2 is 2.07 bits per heavy atom. The minimum atomic E-state index is -3.17. The van der Waals surface area contributed by atoms with Gasteiger partial charge in [-0.25, -0.2) is 15.0 Å². The first-order valence-corrected chi connectivity index (χ1v) is 9.58. The van der Waals surface area contributed by atoms with Crippen molar-refractivity contribution in [3.05, 3.63) is 36.0 Å². The summed E-state index contributed by atoms with van der Waals surface area (Å²) in [7, 11) is 0. The summed E-state index contributed by atoms with van der Waals surface area (Å²) in [5.74, 6) is -3.60. The van der Waals surface area contributed by atoms with E-state index < -0.39 is 11.7 Å². The molecule has 4 rings (SSSR count). The molecule has 7 nitrogen and oxygen atoms in total. The number of amides is 1. The number of hydrogen-bond donors (Lipinski definition) is 1. The van der Waals surface area contributed by atoms with Crippen LogP contribution in [-0.2, 0) is 10.7 Å². The van der Waals surface area contributed by atoms with Crippen LogP contribution in [0.5, 0.6) is 0 Å². The predicted molar refractivity (Wildman–Crippen MR) is 107 cm³/mol. The van der Waals surface area contributed by atoms with Gasteiger partial charge in [-0.2, -0.15) is 14.0 Å². The van der Waals surface area contributed by atoms with Crippen molar-refractivity contribution >= 4 is 22.6 Å². The Kier molecular flexibility index (Phi) is 4.73. The molecule has 1 aliphatic rings. The van der Waals surface area contributed by atoms with Gasteiger partial charge in [-0.3, -0.25) is 4.79 Å². The van der Waals surface area contributed by atoms with E-state index in [1.165, 1.54) is 6.92 Å². The number of nitriles is 1. The summed E-state index contributed by atoms with van der Waals surface area (Å²) in [6.45, 7) is 3.80. The van der Waals surface area contributed by atoms with Crippen molar-refractivity contribution in [2.75, 3.05) is 5.32 Å². The van der Waals surface area contributed by atoms with Crippen molar-refractivity contribution in [3.63, 3.8) is 0 Å². The predicted octanol–water partition coefficient (Wildman–Crippen LogP) is 4.35. The third-order valence-electron chi connectivity index (χ3n) is 5.24. The molecule has 154 valence electrons. The number of anilines is 1. The van der Waals surface area contributed by atoms with Crippen LogP contribution >= 0.6 is 0 Å². The van der Waals surface area contributed by atoms with Gasteiger partial charge >= 0.3 is 5.92 Å². The van der Waals surface area contributed by atoms with E-state index in [2.05, 4.69) is 26.3 Å². The second kappa shape index (κ2) is 7.13. The van der Waals surface area contributed by atoms with E-state index >= 15 is 0 Å². The van der Waals surface area contributed by atoms with Crippen molar-refractivity contribution in [2.45, 2.75) is 45.6 Å². The van der Waals surface area contributed by atoms with Crippen LogP contribution < -0.4 is 5.32 Å². The van der Waals surface area contributed by atoms with Crippen LogP contribution in [0.1, 0.15) is 44.2 Å². The van der Waals surface area contributed by atoms with Crippen LogP contribution in [0.4, 0.5) is 14.6 Å². The van der Waals surface area contributed by atoms with Crippen molar-refractivity contribution in [3.8, 4) is 17.3 Å². The van der Waals surface area contributed by atoms with E-state index in [9.17, 15) is 13.6 Å². The lowest BCUT2D eigenvalue weighted by molar-refractivity contribution is -0.114. The first-order chi connectivity index (χ1) is 14.2. The minimum absolute atomic E-state index is 0.00851. The number of aromatic nitrogens is 4. The number of pyridine rings is 1. The second-order valence-electron chi connectivity index (χ2n) is 7.78. The second-order valence-corrected chi connectivity index (χ2v) is 7.78. The number of halogens is 2. The summed E-state index contributed by atoms with van der Waals surface area (Å²) in [5.41, 5.74) is 2.25. The molecule has 9 heteroatoms. The molecule has 0 radical (unpaired) electrons. The van der Waals surface area contributed by atoms with Gasteiger partial charge in [0, 0.05) is 42.7 Å². The van der Waals surface area contributed by atoms with Crippen molar-refractivity contribution in [1.29, 1.82) is 5.26 Å². The van der Waals surface area contributed by atoms with Crippen LogP contribution in [0, 0.1) is 24.2 Å². The van der Waals surface area contributed by atoms with Gasteiger partial charge in [-0.05, 0) is 31.9 Å². The van der Waals surface area contributed by atoms with E-state index in [1.54, 1.807) is 25.3 Å². The number of alkyl halides is 2. The molecule has 0 aromatic carbocycles. The Balaban J connectivity index is 1.89. The van der Waals surface area contributed by atoms with E-state index in [0.717, 1.165) is 17.8 Å². The molecule has 0 spiro atoms. The van der Waals surface area contributed by atoms with Gasteiger partial charge in [-0.1, -0.05) is 0 Å². The molecule has 0 bridgehead atoms. The fourth-order valence-electron chi connectivity index (χ4n) is 3.73. The normalized spacial score (nSPS) is 18.7. The maximum Gasteiger partial charge on any atom is 0.303 e. The highest BCUT2D eigenvalue weighted by Gasteiger charge is 2.33. The van der Waals surface area contributed by atoms with E-state index in [0.29, 0.717) is 35.6 Å². The van der Waals surface area contributed by atoms with Gasteiger partial charge in [0.25, 0.3) is 0 Å². The highest BCUT2D eigenvalue weighted by molar-refractivity contribution is 5.98. The Morgan fingerprint density at radius 3 is 2.70 bits per heavy atom. The molecule has 1 amide bonds. The number of nitrogens with one attached hydrogen (secondary N) is 1. The van der Waals surface area contributed by atoms with Crippen molar-refractivity contribution in [1.82, 2.24) is 19.5 Å². The van der Waals surface area contributed by atoms with E-state index in [-0.39, 0.29) is 17.9 Å². The van der Waals surface area contributed by atoms with Gasteiger partial charge in [0.05, 0.1) is 29.4 Å². The summed E-state index contributed by atoms with van der Waals surface area (Å²) in [5, 5.41) is 12.5. The number of nitrogens with zero attached hydrogens (tertiary/aromatic N) is 5. The van der Waals surface area contributed by atoms with Gasteiger partial charge in [0.2, 0.25) is 5.91 Å². The fourth-order valence-corrected chi connectivity index (χ4v) is 3.73. The number of fused-ring (bicyclic) bond motifs is 1. The molecule has 1 fully saturated rings. The summed E-state index contributed by atoms with van der Waals surface area (Å²) in [6, 6.07) is 5.76. The molecule has 3 heterocycles. The molecule has 1 aliphatic carbocycles. The molecule has 0 aliphatic heterocycles. The minimum Gasteiger partial charge on any atom is -0.342 e. The molecule has 0 atom stereocenters. The lowest BCUT2D eigenvalue weighted by atomic mass is 9.81. The highest BCUT2D eigenvalue weighted by Crippen LogP contribution is 2.42. The number of carbonyl (C=O) groups excluding carboxylic acids is 1. The van der Waals surface area contributed by atoms with Crippen molar-refractivity contribution in [2.24, 2.45) is 5.92 Å². The average molecular weight is 410 g/mol. The van der Waals surface area contributed by atoms with Gasteiger partial charge in [0.1, 0.15) is 5.82 Å². The van der Waals surface area contributed by atoms with Gasteiger partial charge < -0.3 is 9.88 Å². The van der Waals surface area contributed by atoms with Crippen molar-refractivity contribution < 1.29 is 13.6 Å². The summed E-state index contributed by atoms with van der Waals surface area (Å²) in [4.78, 5) is 23.8. The fraction of sp³-hybridized carbons (Fsp3) is 0.381. The molecule has 30 heavy (non-hydrogen) atoms. The standard InChI is InChI=1S/C21H20F2N6O/c1-11-4-17(28-20(26-11)21(3,22)23)16-10-29(14-5-13(6-14)8-24)18-9-25-19(7-15(16)18)27-12(2)30/h4,7,9-10,13-14H,5-6H2,1-3H3,(H,25,27,30)/t13-,14-. The molecule has 1 N–H and O–H groups in total. The SMILES string of the molecule is CC(=O)Nc1cc2c(-c3cc(C)nc(C(C)(F)F)n3)cn([C@H]3C[C@H](C#N)C3)c2cn1. The Bertz CT molecular complexity index is 1180. The molecular formula is C21H20F2N6O. The topological polar surface area (TPSA) is 96.5 Å². The summed E-state index contributed by atoms with van der Waals surface area (Å²) >= 11 is 0.